The molecule has 3 aromatic rings. The Balaban J connectivity index is 2.15. The highest BCUT2D eigenvalue weighted by molar-refractivity contribution is 6.04. The number of pyridine rings is 1. The molecule has 0 fully saturated rings. The highest BCUT2D eigenvalue weighted by atomic mass is 19.4. The minimum Gasteiger partial charge on any atom is -0.478 e. The van der Waals surface area contributed by atoms with Crippen molar-refractivity contribution in [3.05, 3.63) is 65.2 Å². The molecule has 26 heavy (non-hydrogen) atoms. The van der Waals surface area contributed by atoms with Crippen LogP contribution < -0.4 is 0 Å². The summed E-state index contributed by atoms with van der Waals surface area (Å²) in [6.45, 7) is 4.01. The van der Waals surface area contributed by atoms with E-state index in [0.717, 1.165) is 17.7 Å². The third kappa shape index (κ3) is 3.40. The Morgan fingerprint density at radius 2 is 1.69 bits per heavy atom. The fraction of sp³-hybridized carbons (Fsp3) is 0.200. The summed E-state index contributed by atoms with van der Waals surface area (Å²) in [4.78, 5) is 16.1. The van der Waals surface area contributed by atoms with Gasteiger partial charge >= 0.3 is 12.1 Å². The van der Waals surface area contributed by atoms with Gasteiger partial charge in [-0.2, -0.15) is 13.2 Å². The van der Waals surface area contributed by atoms with E-state index in [4.69, 9.17) is 0 Å². The van der Waals surface area contributed by atoms with E-state index in [1.807, 2.05) is 19.9 Å². The van der Waals surface area contributed by atoms with E-state index in [9.17, 15) is 23.1 Å². The van der Waals surface area contributed by atoms with Crippen molar-refractivity contribution in [1.82, 2.24) is 4.98 Å². The maximum atomic E-state index is 12.7. The van der Waals surface area contributed by atoms with E-state index in [-0.39, 0.29) is 11.5 Å². The lowest BCUT2D eigenvalue weighted by Crippen LogP contribution is -2.04. The Labute approximate surface area is 148 Å². The van der Waals surface area contributed by atoms with Gasteiger partial charge in [-0.25, -0.2) is 9.78 Å². The summed E-state index contributed by atoms with van der Waals surface area (Å²) >= 11 is 0. The molecule has 0 amide bonds. The zero-order valence-electron chi connectivity index (χ0n) is 14.1. The standard InChI is InChI=1S/C20H16F3NO2/c1-11(2)13-5-8-17-15(9-13)16(19(25)26)10-18(24-17)12-3-6-14(7-4-12)20(21,22)23/h3-11H,1-2H3,(H,25,26). The zero-order valence-corrected chi connectivity index (χ0v) is 14.1. The second-order valence-electron chi connectivity index (χ2n) is 6.37. The average molecular weight is 359 g/mol. The Kier molecular flexibility index (Phi) is 4.44. The molecule has 1 heterocycles. The third-order valence-corrected chi connectivity index (χ3v) is 4.24. The van der Waals surface area contributed by atoms with Gasteiger partial charge in [-0.05, 0) is 41.8 Å². The molecule has 1 N–H and O–H groups in total. The van der Waals surface area contributed by atoms with Gasteiger partial charge < -0.3 is 5.11 Å². The number of aromatic carboxylic acids is 1. The van der Waals surface area contributed by atoms with Crippen LogP contribution in [0, 0.1) is 0 Å². The second kappa shape index (κ2) is 6.44. The van der Waals surface area contributed by atoms with E-state index in [2.05, 4.69) is 4.98 Å². The SMILES string of the molecule is CC(C)c1ccc2nc(-c3ccc(C(F)(F)F)cc3)cc(C(=O)O)c2c1. The molecule has 0 aliphatic heterocycles. The van der Waals surface area contributed by atoms with Crippen LogP contribution in [0.4, 0.5) is 13.2 Å². The molecular weight excluding hydrogens is 343 g/mol. The molecule has 0 bridgehead atoms. The number of alkyl halides is 3. The summed E-state index contributed by atoms with van der Waals surface area (Å²) in [5.41, 5.74) is 1.54. The summed E-state index contributed by atoms with van der Waals surface area (Å²) in [6.07, 6.45) is -4.42. The molecule has 0 atom stereocenters. The lowest BCUT2D eigenvalue weighted by molar-refractivity contribution is -0.137. The Bertz CT molecular complexity index is 977. The third-order valence-electron chi connectivity index (χ3n) is 4.24. The Hall–Kier alpha value is -2.89. The molecule has 1 aromatic heterocycles. The monoisotopic (exact) mass is 359 g/mol. The van der Waals surface area contributed by atoms with Crippen LogP contribution in [-0.4, -0.2) is 16.1 Å². The van der Waals surface area contributed by atoms with Crippen LogP contribution in [0.25, 0.3) is 22.2 Å². The van der Waals surface area contributed by atoms with Gasteiger partial charge in [-0.1, -0.05) is 32.0 Å². The lowest BCUT2D eigenvalue weighted by Gasteiger charge is -2.11. The largest absolute Gasteiger partial charge is 0.478 e. The highest BCUT2D eigenvalue weighted by Gasteiger charge is 2.30. The molecule has 3 nitrogen and oxygen atoms in total. The Morgan fingerprint density at radius 3 is 2.23 bits per heavy atom. The first-order chi connectivity index (χ1) is 12.2. The first-order valence-corrected chi connectivity index (χ1v) is 8.02. The van der Waals surface area contributed by atoms with Gasteiger partial charge in [0, 0.05) is 10.9 Å². The molecule has 0 saturated heterocycles. The lowest BCUT2D eigenvalue weighted by atomic mass is 9.97. The number of nitrogens with zero attached hydrogens (tertiary/aromatic N) is 1. The molecule has 0 saturated carbocycles. The normalized spacial score (nSPS) is 11.9. The molecule has 2 aromatic carbocycles. The van der Waals surface area contributed by atoms with Crippen molar-refractivity contribution >= 4 is 16.9 Å². The van der Waals surface area contributed by atoms with E-state index in [1.165, 1.54) is 18.2 Å². The fourth-order valence-corrected chi connectivity index (χ4v) is 2.76. The molecule has 0 radical (unpaired) electrons. The number of rotatable bonds is 3. The summed E-state index contributed by atoms with van der Waals surface area (Å²) in [5.74, 6) is -0.873. The fourth-order valence-electron chi connectivity index (χ4n) is 2.76. The van der Waals surface area contributed by atoms with Crippen LogP contribution in [-0.2, 0) is 6.18 Å². The first kappa shape index (κ1) is 17.9. The number of carbonyl (C=O) groups is 1. The van der Waals surface area contributed by atoms with Crippen LogP contribution in [0.5, 0.6) is 0 Å². The Morgan fingerprint density at radius 1 is 1.04 bits per heavy atom. The van der Waals surface area contributed by atoms with Crippen LogP contribution >= 0.6 is 0 Å². The molecule has 134 valence electrons. The minimum atomic E-state index is -4.42. The van der Waals surface area contributed by atoms with Crippen molar-refractivity contribution in [1.29, 1.82) is 0 Å². The maximum absolute atomic E-state index is 12.7. The number of hydrogen-bond acceptors (Lipinski definition) is 2. The molecule has 6 heteroatoms. The van der Waals surface area contributed by atoms with Gasteiger partial charge in [0.05, 0.1) is 22.3 Å². The maximum Gasteiger partial charge on any atom is 0.416 e. The summed E-state index contributed by atoms with van der Waals surface area (Å²) in [6, 6.07) is 11.3. The average Bonchev–Trinajstić information content (AvgIpc) is 2.59. The molecular formula is C20H16F3NO2. The van der Waals surface area contributed by atoms with E-state index in [1.54, 1.807) is 12.1 Å². The highest BCUT2D eigenvalue weighted by Crippen LogP contribution is 2.32. The van der Waals surface area contributed by atoms with Gasteiger partial charge in [0.2, 0.25) is 0 Å². The van der Waals surface area contributed by atoms with Crippen molar-refractivity contribution in [3.63, 3.8) is 0 Å². The first-order valence-electron chi connectivity index (χ1n) is 8.02. The molecule has 0 spiro atoms. The smallest absolute Gasteiger partial charge is 0.416 e. The number of carboxylic acid groups (broad SMARTS) is 1. The van der Waals surface area contributed by atoms with Gasteiger partial charge in [0.15, 0.2) is 0 Å². The molecule has 0 aliphatic carbocycles. The van der Waals surface area contributed by atoms with Crippen molar-refractivity contribution < 1.29 is 23.1 Å². The number of carboxylic acids is 1. The zero-order chi connectivity index (χ0) is 19.1. The summed E-state index contributed by atoms with van der Waals surface area (Å²) in [7, 11) is 0. The van der Waals surface area contributed by atoms with Crippen molar-refractivity contribution in [3.8, 4) is 11.3 Å². The van der Waals surface area contributed by atoms with Crippen molar-refractivity contribution in [2.75, 3.05) is 0 Å². The number of halogens is 3. The predicted molar refractivity (Wildman–Crippen MR) is 93.2 cm³/mol. The van der Waals surface area contributed by atoms with E-state index in [0.29, 0.717) is 22.2 Å². The second-order valence-corrected chi connectivity index (χ2v) is 6.37. The number of aromatic nitrogens is 1. The van der Waals surface area contributed by atoms with E-state index >= 15 is 0 Å². The molecule has 0 unspecified atom stereocenters. The van der Waals surface area contributed by atoms with Gasteiger partial charge in [0.1, 0.15) is 0 Å². The number of fused-ring (bicyclic) bond motifs is 1. The van der Waals surface area contributed by atoms with Crippen LogP contribution in [0.1, 0.15) is 41.3 Å². The van der Waals surface area contributed by atoms with Gasteiger partial charge in [-0.3, -0.25) is 0 Å². The number of hydrogen-bond donors (Lipinski definition) is 1. The van der Waals surface area contributed by atoms with E-state index < -0.39 is 17.7 Å². The van der Waals surface area contributed by atoms with Crippen molar-refractivity contribution in [2.24, 2.45) is 0 Å². The summed E-state index contributed by atoms with van der Waals surface area (Å²) in [5, 5.41) is 10.1. The van der Waals surface area contributed by atoms with Gasteiger partial charge in [-0.15, -0.1) is 0 Å². The quantitative estimate of drug-likeness (QED) is 0.648. The van der Waals surface area contributed by atoms with Crippen LogP contribution in [0.15, 0.2) is 48.5 Å². The molecule has 0 aliphatic rings. The minimum absolute atomic E-state index is 0.0763. The van der Waals surface area contributed by atoms with Crippen LogP contribution in [0.3, 0.4) is 0 Å². The molecule has 3 rings (SSSR count). The number of benzene rings is 2. The van der Waals surface area contributed by atoms with Crippen molar-refractivity contribution in [2.45, 2.75) is 25.9 Å². The van der Waals surface area contributed by atoms with Gasteiger partial charge in [0.25, 0.3) is 0 Å². The topological polar surface area (TPSA) is 50.2 Å². The van der Waals surface area contributed by atoms with Crippen LogP contribution in [0.2, 0.25) is 0 Å². The summed E-state index contributed by atoms with van der Waals surface area (Å²) < 4.78 is 38.1. The predicted octanol–water partition coefficient (Wildman–Crippen LogP) is 5.74.